The number of hydrogen-bond acceptors (Lipinski definition) is 3. The van der Waals surface area contributed by atoms with E-state index >= 15 is 0 Å². The van der Waals surface area contributed by atoms with Gasteiger partial charge in [0.25, 0.3) is 5.91 Å². The van der Waals surface area contributed by atoms with E-state index < -0.39 is 11.9 Å². The molecule has 106 valence electrons. The van der Waals surface area contributed by atoms with Gasteiger partial charge in [0.2, 0.25) is 5.91 Å². The highest BCUT2D eigenvalue weighted by atomic mass is 16.4. The van der Waals surface area contributed by atoms with Crippen LogP contribution in [0.1, 0.15) is 23.7 Å². The van der Waals surface area contributed by atoms with Gasteiger partial charge in [-0.15, -0.1) is 0 Å². The molecule has 2 amide bonds. The van der Waals surface area contributed by atoms with E-state index in [0.29, 0.717) is 17.8 Å². The van der Waals surface area contributed by atoms with Gasteiger partial charge in [-0.25, -0.2) is 4.79 Å². The quantitative estimate of drug-likeness (QED) is 0.684. The van der Waals surface area contributed by atoms with Gasteiger partial charge in [-0.3, -0.25) is 9.59 Å². The third kappa shape index (κ3) is 4.93. The van der Waals surface area contributed by atoms with Crippen LogP contribution in [0.25, 0.3) is 0 Å². The van der Waals surface area contributed by atoms with Crippen LogP contribution >= 0.6 is 0 Å². The maximum atomic E-state index is 11.9. The van der Waals surface area contributed by atoms with Gasteiger partial charge in [0.15, 0.2) is 0 Å². The first-order chi connectivity index (χ1) is 9.54. The number of anilines is 1. The molecule has 6 nitrogen and oxygen atoms in total. The molecule has 0 radical (unpaired) electrons. The second-order valence-electron chi connectivity index (χ2n) is 3.96. The summed E-state index contributed by atoms with van der Waals surface area (Å²) in [6.45, 7) is 2.48. The van der Waals surface area contributed by atoms with Crippen molar-refractivity contribution < 1.29 is 19.5 Å². The lowest BCUT2D eigenvalue weighted by molar-refractivity contribution is -0.131. The molecule has 0 spiro atoms. The first kappa shape index (κ1) is 15.4. The molecule has 1 aromatic carbocycles. The van der Waals surface area contributed by atoms with Gasteiger partial charge in [-0.05, 0) is 18.6 Å². The average Bonchev–Trinajstić information content (AvgIpc) is 2.43. The number of nitrogens with one attached hydrogen (secondary N) is 2. The number of amides is 2. The number of benzene rings is 1. The monoisotopic (exact) mass is 276 g/mol. The van der Waals surface area contributed by atoms with Crippen molar-refractivity contribution in [2.45, 2.75) is 13.3 Å². The van der Waals surface area contributed by atoms with Gasteiger partial charge in [-0.1, -0.05) is 19.1 Å². The molecular weight excluding hydrogens is 260 g/mol. The van der Waals surface area contributed by atoms with Gasteiger partial charge in [0.1, 0.15) is 0 Å². The first-order valence-corrected chi connectivity index (χ1v) is 6.13. The van der Waals surface area contributed by atoms with Crippen LogP contribution in [0.3, 0.4) is 0 Å². The van der Waals surface area contributed by atoms with E-state index in [9.17, 15) is 14.4 Å². The van der Waals surface area contributed by atoms with Crippen LogP contribution in [0, 0.1) is 0 Å². The molecule has 0 aliphatic carbocycles. The Morgan fingerprint density at radius 2 is 1.90 bits per heavy atom. The highest BCUT2D eigenvalue weighted by Crippen LogP contribution is 2.14. The fourth-order valence-corrected chi connectivity index (χ4v) is 1.45. The number of rotatable bonds is 6. The summed E-state index contributed by atoms with van der Waals surface area (Å²) >= 11 is 0. The summed E-state index contributed by atoms with van der Waals surface area (Å²) < 4.78 is 0. The van der Waals surface area contributed by atoms with Crippen LogP contribution < -0.4 is 10.6 Å². The molecule has 0 unspecified atom stereocenters. The van der Waals surface area contributed by atoms with E-state index in [1.807, 2.05) is 6.92 Å². The number of carbonyl (C=O) groups is 3. The largest absolute Gasteiger partial charge is 0.478 e. The summed E-state index contributed by atoms with van der Waals surface area (Å²) in [5, 5.41) is 13.6. The van der Waals surface area contributed by atoms with Gasteiger partial charge >= 0.3 is 5.97 Å². The Labute approximate surface area is 116 Å². The summed E-state index contributed by atoms with van der Waals surface area (Å²) in [7, 11) is 0. The molecule has 0 atom stereocenters. The maximum absolute atomic E-state index is 11.9. The summed E-state index contributed by atoms with van der Waals surface area (Å²) in [5.41, 5.74) is 0.666. The molecule has 0 heterocycles. The molecule has 0 bridgehead atoms. The molecule has 0 saturated carbocycles. The molecule has 6 heteroatoms. The number of hydrogen-bond donors (Lipinski definition) is 3. The zero-order valence-electron chi connectivity index (χ0n) is 11.1. The predicted octanol–water partition coefficient (Wildman–Crippen LogP) is 1.41. The van der Waals surface area contributed by atoms with Gasteiger partial charge < -0.3 is 15.7 Å². The van der Waals surface area contributed by atoms with E-state index in [2.05, 4.69) is 10.6 Å². The van der Waals surface area contributed by atoms with E-state index in [0.717, 1.165) is 18.6 Å². The lowest BCUT2D eigenvalue weighted by Crippen LogP contribution is -2.25. The normalized spacial score (nSPS) is 10.2. The SMILES string of the molecule is CCCNC(=O)c1ccccc1NC(=O)/C=C/C(=O)O. The fourth-order valence-electron chi connectivity index (χ4n) is 1.45. The van der Waals surface area contributed by atoms with Crippen LogP contribution in [0.5, 0.6) is 0 Å². The third-order valence-electron chi connectivity index (χ3n) is 2.34. The molecule has 0 fully saturated rings. The van der Waals surface area contributed by atoms with E-state index in [1.165, 1.54) is 0 Å². The van der Waals surface area contributed by atoms with Crippen LogP contribution in [0.15, 0.2) is 36.4 Å². The van der Waals surface area contributed by atoms with E-state index in [1.54, 1.807) is 24.3 Å². The van der Waals surface area contributed by atoms with Crippen molar-refractivity contribution in [3.8, 4) is 0 Å². The van der Waals surface area contributed by atoms with Gasteiger partial charge in [-0.2, -0.15) is 0 Å². The topological polar surface area (TPSA) is 95.5 Å². The Bertz CT molecular complexity index is 538. The lowest BCUT2D eigenvalue weighted by atomic mass is 10.1. The molecular formula is C14H16N2O4. The highest BCUT2D eigenvalue weighted by molar-refractivity contribution is 6.07. The number of carboxylic acids is 1. The smallest absolute Gasteiger partial charge is 0.328 e. The number of carbonyl (C=O) groups excluding carboxylic acids is 2. The molecule has 1 rings (SSSR count). The standard InChI is InChI=1S/C14H16N2O4/c1-2-9-15-14(20)10-5-3-4-6-11(10)16-12(17)7-8-13(18)19/h3-8H,2,9H2,1H3,(H,15,20)(H,16,17)(H,18,19)/b8-7+. The summed E-state index contributed by atoms with van der Waals surface area (Å²) in [6, 6.07) is 6.52. The van der Waals surface area contributed by atoms with Crippen molar-refractivity contribution in [1.82, 2.24) is 5.32 Å². The molecule has 0 aliphatic heterocycles. The second-order valence-corrected chi connectivity index (χ2v) is 3.96. The summed E-state index contributed by atoms with van der Waals surface area (Å²) in [4.78, 5) is 33.7. The molecule has 20 heavy (non-hydrogen) atoms. The number of para-hydroxylation sites is 1. The van der Waals surface area contributed by atoms with Crippen molar-refractivity contribution in [1.29, 1.82) is 0 Å². The Morgan fingerprint density at radius 1 is 1.20 bits per heavy atom. The minimum atomic E-state index is -1.21. The predicted molar refractivity (Wildman–Crippen MR) is 74.5 cm³/mol. The van der Waals surface area contributed by atoms with Crippen LogP contribution in [-0.4, -0.2) is 29.4 Å². The van der Waals surface area contributed by atoms with Crippen LogP contribution in [0.2, 0.25) is 0 Å². The second kappa shape index (κ2) is 7.73. The van der Waals surface area contributed by atoms with Crippen LogP contribution in [0.4, 0.5) is 5.69 Å². The highest BCUT2D eigenvalue weighted by Gasteiger charge is 2.11. The van der Waals surface area contributed by atoms with E-state index in [4.69, 9.17) is 5.11 Å². The van der Waals surface area contributed by atoms with Gasteiger partial charge in [0, 0.05) is 18.7 Å². The third-order valence-corrected chi connectivity index (χ3v) is 2.34. The molecule has 0 aromatic heterocycles. The summed E-state index contributed by atoms with van der Waals surface area (Å²) in [6.07, 6.45) is 2.43. The molecule has 1 aromatic rings. The van der Waals surface area contributed by atoms with Crippen molar-refractivity contribution >= 4 is 23.5 Å². The minimum Gasteiger partial charge on any atom is -0.478 e. The van der Waals surface area contributed by atoms with Gasteiger partial charge in [0.05, 0.1) is 11.3 Å². The maximum Gasteiger partial charge on any atom is 0.328 e. The van der Waals surface area contributed by atoms with Crippen molar-refractivity contribution in [3.05, 3.63) is 42.0 Å². The van der Waals surface area contributed by atoms with Crippen molar-refractivity contribution in [2.24, 2.45) is 0 Å². The first-order valence-electron chi connectivity index (χ1n) is 6.13. The Kier molecular flexibility index (Phi) is 5.96. The molecule has 0 saturated heterocycles. The zero-order valence-corrected chi connectivity index (χ0v) is 11.1. The average molecular weight is 276 g/mol. The van der Waals surface area contributed by atoms with E-state index in [-0.39, 0.29) is 5.91 Å². The van der Waals surface area contributed by atoms with Crippen molar-refractivity contribution in [3.63, 3.8) is 0 Å². The van der Waals surface area contributed by atoms with Crippen molar-refractivity contribution in [2.75, 3.05) is 11.9 Å². The lowest BCUT2D eigenvalue weighted by Gasteiger charge is -2.09. The fraction of sp³-hybridized carbons (Fsp3) is 0.214. The molecule has 0 aliphatic rings. The zero-order chi connectivity index (χ0) is 15.0. The number of carboxylic acid groups (broad SMARTS) is 1. The Hall–Kier alpha value is -2.63. The molecule has 3 N–H and O–H groups in total. The van der Waals surface area contributed by atoms with Crippen LogP contribution in [-0.2, 0) is 9.59 Å². The minimum absolute atomic E-state index is 0.287. The Morgan fingerprint density at radius 3 is 2.55 bits per heavy atom. The summed E-state index contributed by atoms with van der Waals surface area (Å²) in [5.74, 6) is -2.11. The number of aliphatic carboxylic acids is 1. The Balaban J connectivity index is 2.82.